The number of amides is 1. The van der Waals surface area contributed by atoms with Crippen LogP contribution in [0, 0.1) is 6.92 Å². The van der Waals surface area contributed by atoms with Crippen LogP contribution >= 0.6 is 0 Å². The van der Waals surface area contributed by atoms with E-state index in [1.54, 1.807) is 19.1 Å². The van der Waals surface area contributed by atoms with Gasteiger partial charge >= 0.3 is 5.97 Å². The number of hydrogen-bond donors (Lipinski definition) is 1. The zero-order valence-corrected chi connectivity index (χ0v) is 10.3. The molecule has 1 atom stereocenters. The molecular weight excluding hydrogens is 218 g/mol. The van der Waals surface area contributed by atoms with E-state index in [4.69, 9.17) is 0 Å². The van der Waals surface area contributed by atoms with Crippen LogP contribution in [0.1, 0.15) is 31.0 Å². The molecule has 17 heavy (non-hydrogen) atoms. The third-order valence-electron chi connectivity index (χ3n) is 2.77. The van der Waals surface area contributed by atoms with Crippen molar-refractivity contribution >= 4 is 11.9 Å². The monoisotopic (exact) mass is 235 g/mol. The van der Waals surface area contributed by atoms with Crippen molar-refractivity contribution in [3.8, 4) is 0 Å². The topological polar surface area (TPSA) is 57.6 Å². The van der Waals surface area contributed by atoms with E-state index in [-0.39, 0.29) is 5.91 Å². The Morgan fingerprint density at radius 1 is 1.35 bits per heavy atom. The number of benzene rings is 1. The SMILES string of the molecule is CCN(C(C)=O)C(C(=O)O)c1ccccc1C. The summed E-state index contributed by atoms with van der Waals surface area (Å²) in [7, 11) is 0. The molecule has 0 heterocycles. The van der Waals surface area contributed by atoms with Crippen molar-refractivity contribution in [2.24, 2.45) is 0 Å². The van der Waals surface area contributed by atoms with Crippen LogP contribution in [0.25, 0.3) is 0 Å². The summed E-state index contributed by atoms with van der Waals surface area (Å²) in [5.41, 5.74) is 1.54. The lowest BCUT2D eigenvalue weighted by Crippen LogP contribution is -2.37. The fourth-order valence-electron chi connectivity index (χ4n) is 1.91. The molecule has 1 unspecified atom stereocenters. The Balaban J connectivity index is 3.22. The third kappa shape index (κ3) is 2.84. The Labute approximate surface area is 101 Å². The summed E-state index contributed by atoms with van der Waals surface area (Å²) < 4.78 is 0. The van der Waals surface area contributed by atoms with Crippen LogP contribution in [-0.4, -0.2) is 28.4 Å². The molecule has 1 aromatic carbocycles. The molecule has 0 aliphatic heterocycles. The minimum atomic E-state index is -1.00. The molecule has 4 nitrogen and oxygen atoms in total. The molecule has 0 aliphatic rings. The molecule has 0 aromatic heterocycles. The first-order valence-electron chi connectivity index (χ1n) is 5.54. The number of aryl methyl sites for hydroxylation is 1. The summed E-state index contributed by atoms with van der Waals surface area (Å²) in [6.45, 7) is 5.38. The molecule has 1 amide bonds. The van der Waals surface area contributed by atoms with Gasteiger partial charge in [0.2, 0.25) is 5.91 Å². The van der Waals surface area contributed by atoms with E-state index in [1.165, 1.54) is 11.8 Å². The number of carbonyl (C=O) groups excluding carboxylic acids is 1. The molecule has 0 radical (unpaired) electrons. The van der Waals surface area contributed by atoms with Crippen molar-refractivity contribution in [2.75, 3.05) is 6.54 Å². The highest BCUT2D eigenvalue weighted by Gasteiger charge is 2.29. The largest absolute Gasteiger partial charge is 0.479 e. The summed E-state index contributed by atoms with van der Waals surface area (Å²) in [4.78, 5) is 24.2. The summed E-state index contributed by atoms with van der Waals surface area (Å²) in [5, 5.41) is 9.31. The third-order valence-corrected chi connectivity index (χ3v) is 2.77. The fourth-order valence-corrected chi connectivity index (χ4v) is 1.91. The Morgan fingerprint density at radius 3 is 2.35 bits per heavy atom. The van der Waals surface area contributed by atoms with Gasteiger partial charge in [0.25, 0.3) is 0 Å². The molecule has 0 spiro atoms. The predicted molar refractivity (Wildman–Crippen MR) is 64.6 cm³/mol. The van der Waals surface area contributed by atoms with Crippen molar-refractivity contribution in [3.63, 3.8) is 0 Å². The van der Waals surface area contributed by atoms with Gasteiger partial charge in [0.1, 0.15) is 0 Å². The second kappa shape index (κ2) is 5.48. The van der Waals surface area contributed by atoms with Gasteiger partial charge in [-0.2, -0.15) is 0 Å². The van der Waals surface area contributed by atoms with Crippen molar-refractivity contribution in [2.45, 2.75) is 26.8 Å². The Bertz CT molecular complexity index is 428. The van der Waals surface area contributed by atoms with E-state index in [9.17, 15) is 14.7 Å². The van der Waals surface area contributed by atoms with Crippen LogP contribution < -0.4 is 0 Å². The van der Waals surface area contributed by atoms with Gasteiger partial charge in [-0.15, -0.1) is 0 Å². The lowest BCUT2D eigenvalue weighted by Gasteiger charge is -2.27. The number of carboxylic acids is 1. The minimum absolute atomic E-state index is 0.233. The highest BCUT2D eigenvalue weighted by molar-refractivity contribution is 5.83. The van der Waals surface area contributed by atoms with Crippen LogP contribution in [0.4, 0.5) is 0 Å². The number of carboxylic acid groups (broad SMARTS) is 1. The number of likely N-dealkylation sites (N-methyl/N-ethyl adjacent to an activating group) is 1. The number of rotatable bonds is 4. The fraction of sp³-hybridized carbons (Fsp3) is 0.385. The van der Waals surface area contributed by atoms with Crippen LogP contribution in [0.2, 0.25) is 0 Å². The smallest absolute Gasteiger partial charge is 0.331 e. The van der Waals surface area contributed by atoms with E-state index < -0.39 is 12.0 Å². The van der Waals surface area contributed by atoms with Gasteiger partial charge in [0.05, 0.1) is 0 Å². The highest BCUT2D eigenvalue weighted by Crippen LogP contribution is 2.24. The van der Waals surface area contributed by atoms with Crippen LogP contribution in [-0.2, 0) is 9.59 Å². The minimum Gasteiger partial charge on any atom is -0.479 e. The summed E-state index contributed by atoms with van der Waals surface area (Å²) in [6.07, 6.45) is 0. The lowest BCUT2D eigenvalue weighted by atomic mass is 10.00. The number of carbonyl (C=O) groups is 2. The normalized spacial score (nSPS) is 11.9. The highest BCUT2D eigenvalue weighted by atomic mass is 16.4. The molecule has 0 fully saturated rings. The number of nitrogens with zero attached hydrogens (tertiary/aromatic N) is 1. The second-order valence-corrected chi connectivity index (χ2v) is 3.90. The van der Waals surface area contributed by atoms with Crippen molar-refractivity contribution in [1.29, 1.82) is 0 Å². The van der Waals surface area contributed by atoms with Gasteiger partial charge in [0.15, 0.2) is 6.04 Å². The quantitative estimate of drug-likeness (QED) is 0.868. The summed E-state index contributed by atoms with van der Waals surface area (Å²) >= 11 is 0. The Morgan fingerprint density at radius 2 is 1.94 bits per heavy atom. The standard InChI is InChI=1S/C13H17NO3/c1-4-14(10(3)15)12(13(16)17)11-8-6-5-7-9(11)2/h5-8,12H,4H2,1-3H3,(H,16,17). The van der Waals surface area contributed by atoms with Crippen molar-refractivity contribution < 1.29 is 14.7 Å². The zero-order chi connectivity index (χ0) is 13.0. The number of hydrogen-bond acceptors (Lipinski definition) is 2. The maximum Gasteiger partial charge on any atom is 0.331 e. The van der Waals surface area contributed by atoms with Crippen LogP contribution in [0.5, 0.6) is 0 Å². The Kier molecular flexibility index (Phi) is 4.26. The first kappa shape index (κ1) is 13.2. The maximum absolute atomic E-state index is 11.5. The molecule has 1 N–H and O–H groups in total. The summed E-state index contributed by atoms with van der Waals surface area (Å²) in [5.74, 6) is -1.24. The molecule has 0 saturated carbocycles. The molecule has 92 valence electrons. The molecule has 1 rings (SSSR count). The van der Waals surface area contributed by atoms with Crippen molar-refractivity contribution in [1.82, 2.24) is 4.90 Å². The second-order valence-electron chi connectivity index (χ2n) is 3.90. The molecule has 0 bridgehead atoms. The van der Waals surface area contributed by atoms with Crippen LogP contribution in [0.3, 0.4) is 0 Å². The average molecular weight is 235 g/mol. The Hall–Kier alpha value is -1.84. The van der Waals surface area contributed by atoms with E-state index in [2.05, 4.69) is 0 Å². The van der Waals surface area contributed by atoms with E-state index >= 15 is 0 Å². The van der Waals surface area contributed by atoms with Gasteiger partial charge in [-0.3, -0.25) is 4.79 Å². The maximum atomic E-state index is 11.5. The predicted octanol–water partition coefficient (Wildman–Crippen LogP) is 1.99. The van der Waals surface area contributed by atoms with Gasteiger partial charge in [-0.1, -0.05) is 24.3 Å². The van der Waals surface area contributed by atoms with E-state index in [1.807, 2.05) is 19.1 Å². The van der Waals surface area contributed by atoms with Gasteiger partial charge in [-0.05, 0) is 25.0 Å². The molecular formula is C13H17NO3. The number of aliphatic carboxylic acids is 1. The first-order chi connectivity index (χ1) is 7.99. The molecule has 1 aromatic rings. The molecule has 0 aliphatic carbocycles. The van der Waals surface area contributed by atoms with Gasteiger partial charge in [0, 0.05) is 13.5 Å². The van der Waals surface area contributed by atoms with Crippen LogP contribution in [0.15, 0.2) is 24.3 Å². The zero-order valence-electron chi connectivity index (χ0n) is 10.3. The van der Waals surface area contributed by atoms with Gasteiger partial charge < -0.3 is 10.0 Å². The van der Waals surface area contributed by atoms with Gasteiger partial charge in [-0.25, -0.2) is 4.79 Å². The average Bonchev–Trinajstić information content (AvgIpc) is 2.26. The molecule has 4 heteroatoms. The van der Waals surface area contributed by atoms with E-state index in [0.717, 1.165) is 5.56 Å². The lowest BCUT2D eigenvalue weighted by molar-refractivity contribution is -0.149. The summed E-state index contributed by atoms with van der Waals surface area (Å²) in [6, 6.07) is 6.33. The van der Waals surface area contributed by atoms with E-state index in [0.29, 0.717) is 12.1 Å². The van der Waals surface area contributed by atoms with Crippen molar-refractivity contribution in [3.05, 3.63) is 35.4 Å². The molecule has 0 saturated heterocycles. The first-order valence-corrected chi connectivity index (χ1v) is 5.54.